The van der Waals surface area contributed by atoms with Crippen LogP contribution in [0.15, 0.2) is 194 Å². The number of hydrogen-bond donors (Lipinski definition) is 0. The van der Waals surface area contributed by atoms with Crippen LogP contribution in [-0.4, -0.2) is 8.80 Å². The van der Waals surface area contributed by atoms with Crippen molar-refractivity contribution in [1.82, 2.24) is 8.80 Å². The largest absolute Gasteiger partial charge is 0.310 e. The zero-order valence-corrected chi connectivity index (χ0v) is 35.3. The molecule has 0 radical (unpaired) electrons. The van der Waals surface area contributed by atoms with E-state index in [1.807, 2.05) is 109 Å². The molecule has 4 heteroatoms. The van der Waals surface area contributed by atoms with Crippen molar-refractivity contribution in [2.24, 2.45) is 0 Å². The number of hydrogen-bond acceptors (Lipinski definition) is 2. The SMILES string of the molecule is [2H]c1c([2H])c([2H])c2c(c1[2H])c1c(N(c3ccccc3)c3ccc(C(C)C)cc3)c([2H])c([2H])c3c4c([2H])c5c(c([2H])c4n2c31)c1c([2H])c([2H])c(N(c2ccccc2)c2ccc(C(C)C)cc2)c2c3c([2H])c([2H])c([2H])c([2H])c3n5c12. The van der Waals surface area contributed by atoms with E-state index in [2.05, 4.69) is 27.7 Å². The lowest BCUT2D eigenvalue weighted by atomic mass is 10.0. The van der Waals surface area contributed by atoms with Crippen LogP contribution in [0.25, 0.3) is 76.2 Å². The summed E-state index contributed by atoms with van der Waals surface area (Å²) in [6.45, 7) is 8.30. The molecule has 0 saturated heterocycles. The van der Waals surface area contributed by atoms with Crippen molar-refractivity contribution in [3.05, 3.63) is 205 Å². The molecule has 13 aromatic rings. The Kier molecular flexibility index (Phi) is 5.48. The van der Waals surface area contributed by atoms with E-state index in [1.54, 1.807) is 9.80 Å². The molecule has 0 N–H and O–H groups in total. The van der Waals surface area contributed by atoms with Crippen LogP contribution in [0, 0.1) is 0 Å². The van der Waals surface area contributed by atoms with E-state index < -0.39 is 48.3 Å². The Morgan fingerprint density at radius 1 is 0.375 bits per heavy atom. The number of anilines is 6. The lowest BCUT2D eigenvalue weighted by Crippen LogP contribution is -2.10. The molecule has 0 aliphatic heterocycles. The molecule has 64 heavy (non-hydrogen) atoms. The summed E-state index contributed by atoms with van der Waals surface area (Å²) in [5.74, 6) is 0.387. The summed E-state index contributed by atoms with van der Waals surface area (Å²) in [6, 6.07) is 28.0. The van der Waals surface area contributed by atoms with Crippen LogP contribution in [0.2, 0.25) is 0 Å². The van der Waals surface area contributed by atoms with E-state index in [0.717, 1.165) is 11.1 Å². The molecule has 0 saturated carbocycles. The van der Waals surface area contributed by atoms with Crippen molar-refractivity contribution in [1.29, 1.82) is 0 Å². The van der Waals surface area contributed by atoms with E-state index >= 15 is 0 Å². The standard InChI is InChI=1S/C60H46N4/c1-37(2)39-23-27-43(28-24-39)61(41-15-7-5-8-16-41)53-33-31-45-49-35-56-50(36-55(49)63-51-21-13-11-19-47(51)57(53)59(45)63)46-32-34-54(58-48-20-12-14-22-52(48)64(56)60(46)58)62(42-17-9-6-10-18-42)44-29-25-40(26-30-44)38(3)4/h5-38H,1-4H3/i11D,12D,13D,14D,19D,20D,21D,22D,31D,32D,33D,34D,35D,36D. The Morgan fingerprint density at radius 3 is 1.14 bits per heavy atom. The molecule has 9 aromatic carbocycles. The minimum atomic E-state index is -0.564. The van der Waals surface area contributed by atoms with Gasteiger partial charge in [-0.05, 0) is 108 Å². The average Bonchev–Trinajstić information content (AvgIpc) is 4.38. The van der Waals surface area contributed by atoms with Crippen molar-refractivity contribution < 1.29 is 19.2 Å². The molecule has 0 fully saturated rings. The summed E-state index contributed by atoms with van der Waals surface area (Å²) < 4.78 is 139. The summed E-state index contributed by atoms with van der Waals surface area (Å²) in [4.78, 5) is 3.59. The second kappa shape index (κ2) is 13.8. The molecule has 13 rings (SSSR count). The van der Waals surface area contributed by atoms with Crippen molar-refractivity contribution >= 4 is 110 Å². The maximum absolute atomic E-state index is 10.5. The molecule has 0 amide bonds. The molecule has 4 nitrogen and oxygen atoms in total. The van der Waals surface area contributed by atoms with Gasteiger partial charge in [-0.1, -0.05) is 137 Å². The van der Waals surface area contributed by atoms with Crippen molar-refractivity contribution in [3.63, 3.8) is 0 Å². The third-order valence-corrected chi connectivity index (χ3v) is 12.8. The Hall–Kier alpha value is -7.82. The Balaban J connectivity index is 1.27. The van der Waals surface area contributed by atoms with Gasteiger partial charge in [0.05, 0.1) is 63.7 Å². The zero-order chi connectivity index (χ0) is 55.0. The second-order valence-corrected chi connectivity index (χ2v) is 17.0. The molecule has 0 bridgehead atoms. The predicted octanol–water partition coefficient (Wildman–Crippen LogP) is 17.2. The van der Waals surface area contributed by atoms with Crippen LogP contribution in [0.4, 0.5) is 34.1 Å². The predicted molar refractivity (Wildman–Crippen MR) is 273 cm³/mol. The number of nitrogens with zero attached hydrogens (tertiary/aromatic N) is 4. The van der Waals surface area contributed by atoms with E-state index in [9.17, 15) is 13.7 Å². The van der Waals surface area contributed by atoms with E-state index in [4.69, 9.17) is 5.48 Å². The van der Waals surface area contributed by atoms with Gasteiger partial charge in [-0.2, -0.15) is 0 Å². The number of benzene rings is 9. The molecule has 0 aliphatic carbocycles. The average molecular weight is 837 g/mol. The highest BCUT2D eigenvalue weighted by molar-refractivity contribution is 6.32. The molecule has 0 aliphatic rings. The Morgan fingerprint density at radius 2 is 0.750 bits per heavy atom. The summed E-state index contributed by atoms with van der Waals surface area (Å²) >= 11 is 0. The van der Waals surface area contributed by atoms with Crippen LogP contribution >= 0.6 is 0 Å². The second-order valence-electron chi connectivity index (χ2n) is 17.0. The van der Waals surface area contributed by atoms with Crippen LogP contribution in [0.1, 0.15) is 69.8 Å². The fraction of sp³-hybridized carbons (Fsp3) is 0.100. The van der Waals surface area contributed by atoms with Gasteiger partial charge in [0.15, 0.2) is 0 Å². The highest BCUT2D eigenvalue weighted by atomic mass is 15.2. The third-order valence-electron chi connectivity index (χ3n) is 12.8. The molecular weight excluding hydrogens is 777 g/mol. The Labute approximate surface area is 391 Å². The van der Waals surface area contributed by atoms with E-state index in [-0.39, 0.29) is 136 Å². The van der Waals surface area contributed by atoms with Crippen molar-refractivity contribution in [2.75, 3.05) is 9.80 Å². The molecule has 0 unspecified atom stereocenters. The van der Waals surface area contributed by atoms with Gasteiger partial charge in [-0.15, -0.1) is 0 Å². The van der Waals surface area contributed by atoms with Gasteiger partial charge in [-0.3, -0.25) is 0 Å². The van der Waals surface area contributed by atoms with Gasteiger partial charge in [-0.25, -0.2) is 0 Å². The summed E-state index contributed by atoms with van der Waals surface area (Å²) in [6.07, 6.45) is 0. The van der Waals surface area contributed by atoms with Gasteiger partial charge in [0.25, 0.3) is 0 Å². The van der Waals surface area contributed by atoms with Crippen LogP contribution < -0.4 is 9.80 Å². The number of para-hydroxylation sites is 4. The molecule has 4 heterocycles. The van der Waals surface area contributed by atoms with Gasteiger partial charge in [0.2, 0.25) is 0 Å². The van der Waals surface area contributed by atoms with Gasteiger partial charge in [0, 0.05) is 65.8 Å². The maximum Gasteiger partial charge on any atom is 0.0653 e. The minimum Gasteiger partial charge on any atom is -0.310 e. The summed E-state index contributed by atoms with van der Waals surface area (Å²) in [7, 11) is 0. The van der Waals surface area contributed by atoms with Gasteiger partial charge in [0.1, 0.15) is 0 Å². The summed E-state index contributed by atoms with van der Waals surface area (Å²) in [5.41, 5.74) is 4.93. The normalized spacial score (nSPS) is 15.4. The zero-order valence-electron chi connectivity index (χ0n) is 49.3. The molecule has 306 valence electrons. The molecule has 4 aromatic heterocycles. The first kappa shape index (κ1) is 25.3. The topological polar surface area (TPSA) is 15.3 Å². The monoisotopic (exact) mass is 836 g/mol. The first-order valence-corrected chi connectivity index (χ1v) is 21.5. The van der Waals surface area contributed by atoms with Crippen LogP contribution in [0.5, 0.6) is 0 Å². The third kappa shape index (κ3) is 5.17. The quantitative estimate of drug-likeness (QED) is 0.151. The highest BCUT2D eigenvalue weighted by Crippen LogP contribution is 2.51. The fourth-order valence-corrected chi connectivity index (χ4v) is 9.72. The lowest BCUT2D eigenvalue weighted by molar-refractivity contribution is 0.866. The smallest absolute Gasteiger partial charge is 0.0653 e. The van der Waals surface area contributed by atoms with Gasteiger partial charge >= 0.3 is 0 Å². The fourth-order valence-electron chi connectivity index (χ4n) is 9.72. The first-order chi connectivity index (χ1) is 37.3. The minimum absolute atomic E-state index is 0.0108. The number of fused-ring (bicyclic) bond motifs is 12. The highest BCUT2D eigenvalue weighted by Gasteiger charge is 2.28. The Bertz CT molecular complexity index is 4410. The van der Waals surface area contributed by atoms with E-state index in [1.165, 1.54) is 8.80 Å². The number of aromatic nitrogens is 2. The molecule has 0 spiro atoms. The lowest BCUT2D eigenvalue weighted by Gasteiger charge is -2.27. The van der Waals surface area contributed by atoms with Crippen molar-refractivity contribution in [2.45, 2.75) is 39.5 Å². The van der Waals surface area contributed by atoms with Crippen LogP contribution in [0.3, 0.4) is 0 Å². The molecule has 0 atom stereocenters. The first-order valence-electron chi connectivity index (χ1n) is 28.5. The summed E-state index contributed by atoms with van der Waals surface area (Å²) in [5, 5.41) is 0.459. The number of rotatable bonds is 8. The van der Waals surface area contributed by atoms with Crippen molar-refractivity contribution in [3.8, 4) is 0 Å². The maximum atomic E-state index is 10.5. The molecular formula is C60H46N4. The van der Waals surface area contributed by atoms with E-state index in [0.29, 0.717) is 22.7 Å². The van der Waals surface area contributed by atoms with Crippen LogP contribution in [-0.2, 0) is 0 Å². The van der Waals surface area contributed by atoms with Gasteiger partial charge < -0.3 is 18.6 Å².